The van der Waals surface area contributed by atoms with Crippen LogP contribution in [0.1, 0.15) is 42.2 Å². The lowest BCUT2D eigenvalue weighted by atomic mass is 9.96. The molecule has 0 fully saturated rings. The van der Waals surface area contributed by atoms with Crippen LogP contribution in [0, 0.1) is 5.92 Å². The molecule has 0 saturated heterocycles. The van der Waals surface area contributed by atoms with Crippen LogP contribution >= 0.6 is 0 Å². The average Bonchev–Trinajstić information content (AvgIpc) is 2.66. The molecule has 0 aliphatic rings. The molecule has 1 N–H and O–H groups in total. The van der Waals surface area contributed by atoms with Crippen molar-refractivity contribution in [3.05, 3.63) is 72.3 Å². The minimum atomic E-state index is -0.0956. The van der Waals surface area contributed by atoms with Gasteiger partial charge < -0.3 is 14.8 Å². The molecule has 4 nitrogen and oxygen atoms in total. The predicted octanol–water partition coefficient (Wildman–Crippen LogP) is 4.78. The summed E-state index contributed by atoms with van der Waals surface area (Å²) in [4.78, 5) is 12.7. The van der Waals surface area contributed by atoms with E-state index in [-0.39, 0.29) is 11.9 Å². The first-order valence-corrected chi connectivity index (χ1v) is 8.82. The van der Waals surface area contributed by atoms with Gasteiger partial charge in [0.1, 0.15) is 18.1 Å². The number of rotatable bonds is 9. The van der Waals surface area contributed by atoms with Crippen LogP contribution in [-0.2, 0) is 0 Å². The number of nitrogens with one attached hydrogen (secondary N) is 1. The highest BCUT2D eigenvalue weighted by molar-refractivity contribution is 5.94. The Morgan fingerprint density at radius 3 is 2.23 bits per heavy atom. The maximum absolute atomic E-state index is 12.7. The monoisotopic (exact) mass is 353 g/mol. The molecule has 1 amide bonds. The van der Waals surface area contributed by atoms with Crippen LogP contribution in [0.3, 0.4) is 0 Å². The van der Waals surface area contributed by atoms with E-state index in [1.807, 2.05) is 24.3 Å². The molecule has 1 unspecified atom stereocenters. The molecule has 0 aliphatic heterocycles. The number of methoxy groups -OCH3 is 1. The summed E-state index contributed by atoms with van der Waals surface area (Å²) in [5.41, 5.74) is 1.68. The molecule has 4 heteroatoms. The zero-order valence-electron chi connectivity index (χ0n) is 15.7. The highest BCUT2D eigenvalue weighted by Gasteiger charge is 2.17. The molecule has 0 saturated carbocycles. The first kappa shape index (κ1) is 19.6. The average molecular weight is 353 g/mol. The van der Waals surface area contributed by atoms with Gasteiger partial charge in [-0.2, -0.15) is 0 Å². The Morgan fingerprint density at radius 1 is 1.08 bits per heavy atom. The summed E-state index contributed by atoms with van der Waals surface area (Å²) in [7, 11) is 1.64. The van der Waals surface area contributed by atoms with E-state index in [0.717, 1.165) is 23.5 Å². The molecule has 0 aromatic heterocycles. The minimum absolute atomic E-state index is 0.0508. The van der Waals surface area contributed by atoms with Crippen molar-refractivity contribution in [1.82, 2.24) is 5.32 Å². The first-order chi connectivity index (χ1) is 12.5. The van der Waals surface area contributed by atoms with E-state index >= 15 is 0 Å². The van der Waals surface area contributed by atoms with Gasteiger partial charge in [0.25, 0.3) is 5.91 Å². The van der Waals surface area contributed by atoms with Crippen LogP contribution < -0.4 is 14.8 Å². The van der Waals surface area contributed by atoms with Crippen molar-refractivity contribution in [2.24, 2.45) is 5.92 Å². The molecule has 26 heavy (non-hydrogen) atoms. The predicted molar refractivity (Wildman–Crippen MR) is 105 cm³/mol. The lowest BCUT2D eigenvalue weighted by Crippen LogP contribution is -2.29. The Kier molecular flexibility index (Phi) is 7.27. The van der Waals surface area contributed by atoms with Gasteiger partial charge in [-0.25, -0.2) is 0 Å². The maximum Gasteiger partial charge on any atom is 0.251 e. The van der Waals surface area contributed by atoms with Crippen LogP contribution in [-0.4, -0.2) is 19.6 Å². The second kappa shape index (κ2) is 9.66. The van der Waals surface area contributed by atoms with Gasteiger partial charge in [0.15, 0.2) is 0 Å². The van der Waals surface area contributed by atoms with E-state index < -0.39 is 0 Å². The SMILES string of the molecule is C=CCOc1ccc(C(=O)NC(CC(C)C)c2ccc(OC)cc2)cc1. The Labute approximate surface area is 155 Å². The van der Waals surface area contributed by atoms with E-state index in [9.17, 15) is 4.79 Å². The smallest absolute Gasteiger partial charge is 0.251 e. The molecule has 0 spiro atoms. The zero-order chi connectivity index (χ0) is 18.9. The number of hydrogen-bond acceptors (Lipinski definition) is 3. The molecule has 2 rings (SSSR count). The normalized spacial score (nSPS) is 11.7. The van der Waals surface area contributed by atoms with Crippen molar-refractivity contribution in [1.29, 1.82) is 0 Å². The summed E-state index contributed by atoms with van der Waals surface area (Å²) in [6.07, 6.45) is 2.55. The Morgan fingerprint density at radius 2 is 1.69 bits per heavy atom. The molecular weight excluding hydrogens is 326 g/mol. The van der Waals surface area contributed by atoms with Crippen LogP contribution in [0.25, 0.3) is 0 Å². The van der Waals surface area contributed by atoms with Crippen LogP contribution in [0.5, 0.6) is 11.5 Å². The zero-order valence-corrected chi connectivity index (χ0v) is 15.7. The van der Waals surface area contributed by atoms with E-state index in [1.165, 1.54) is 0 Å². The van der Waals surface area contributed by atoms with E-state index in [0.29, 0.717) is 18.1 Å². The molecule has 0 bridgehead atoms. The highest BCUT2D eigenvalue weighted by atomic mass is 16.5. The molecular formula is C22H27NO3. The second-order valence-electron chi connectivity index (χ2n) is 6.55. The molecule has 2 aromatic carbocycles. The van der Waals surface area contributed by atoms with Crippen molar-refractivity contribution < 1.29 is 14.3 Å². The van der Waals surface area contributed by atoms with Crippen molar-refractivity contribution in [2.45, 2.75) is 26.3 Å². The summed E-state index contributed by atoms with van der Waals surface area (Å²) in [6, 6.07) is 14.9. The molecule has 0 aliphatic carbocycles. The first-order valence-electron chi connectivity index (χ1n) is 8.82. The Balaban J connectivity index is 2.10. The van der Waals surface area contributed by atoms with Crippen molar-refractivity contribution in [2.75, 3.05) is 13.7 Å². The highest BCUT2D eigenvalue weighted by Crippen LogP contribution is 2.24. The largest absolute Gasteiger partial charge is 0.497 e. The van der Waals surface area contributed by atoms with Gasteiger partial charge in [0.05, 0.1) is 13.2 Å². The number of ether oxygens (including phenoxy) is 2. The van der Waals surface area contributed by atoms with Gasteiger partial charge in [0, 0.05) is 5.56 Å². The lowest BCUT2D eigenvalue weighted by Gasteiger charge is -2.21. The van der Waals surface area contributed by atoms with Crippen LogP contribution in [0.2, 0.25) is 0 Å². The third-order valence-corrected chi connectivity index (χ3v) is 4.01. The minimum Gasteiger partial charge on any atom is -0.497 e. The topological polar surface area (TPSA) is 47.6 Å². The van der Waals surface area contributed by atoms with Gasteiger partial charge in [-0.3, -0.25) is 4.79 Å². The van der Waals surface area contributed by atoms with Crippen LogP contribution in [0.4, 0.5) is 0 Å². The maximum atomic E-state index is 12.7. The number of hydrogen-bond donors (Lipinski definition) is 1. The molecule has 0 radical (unpaired) electrons. The molecule has 138 valence electrons. The summed E-state index contributed by atoms with van der Waals surface area (Å²) < 4.78 is 10.7. The van der Waals surface area contributed by atoms with E-state index in [4.69, 9.17) is 9.47 Å². The van der Waals surface area contributed by atoms with Crippen LogP contribution in [0.15, 0.2) is 61.2 Å². The summed E-state index contributed by atoms with van der Waals surface area (Å²) in [6.45, 7) is 8.36. The van der Waals surface area contributed by atoms with Crippen molar-refractivity contribution in [3.8, 4) is 11.5 Å². The van der Waals surface area contributed by atoms with E-state index in [2.05, 4.69) is 25.7 Å². The number of benzene rings is 2. The number of amides is 1. The lowest BCUT2D eigenvalue weighted by molar-refractivity contribution is 0.0932. The second-order valence-corrected chi connectivity index (χ2v) is 6.55. The summed E-state index contributed by atoms with van der Waals surface area (Å²) in [5.74, 6) is 1.88. The third-order valence-electron chi connectivity index (χ3n) is 4.01. The fourth-order valence-corrected chi connectivity index (χ4v) is 2.69. The van der Waals surface area contributed by atoms with Crippen molar-refractivity contribution in [3.63, 3.8) is 0 Å². The van der Waals surface area contributed by atoms with Gasteiger partial charge in [-0.05, 0) is 54.3 Å². The van der Waals surface area contributed by atoms with Crippen molar-refractivity contribution >= 4 is 5.91 Å². The molecule has 1 atom stereocenters. The van der Waals surface area contributed by atoms with Gasteiger partial charge in [0.2, 0.25) is 0 Å². The quantitative estimate of drug-likeness (QED) is 0.660. The number of carbonyl (C=O) groups is 1. The Bertz CT molecular complexity index is 705. The fourth-order valence-electron chi connectivity index (χ4n) is 2.69. The van der Waals surface area contributed by atoms with Gasteiger partial charge in [-0.15, -0.1) is 0 Å². The van der Waals surface area contributed by atoms with Gasteiger partial charge >= 0.3 is 0 Å². The van der Waals surface area contributed by atoms with Gasteiger partial charge in [-0.1, -0.05) is 38.6 Å². The molecule has 2 aromatic rings. The standard InChI is InChI=1S/C22H27NO3/c1-5-14-26-20-12-8-18(9-13-20)22(24)23-21(15-16(2)3)17-6-10-19(25-4)11-7-17/h5-13,16,21H,1,14-15H2,2-4H3,(H,23,24). The molecule has 0 heterocycles. The Hall–Kier alpha value is -2.75. The summed E-state index contributed by atoms with van der Waals surface area (Å²) >= 11 is 0. The van der Waals surface area contributed by atoms with E-state index in [1.54, 1.807) is 37.5 Å². The number of carbonyl (C=O) groups excluding carboxylic acids is 1. The summed E-state index contributed by atoms with van der Waals surface area (Å²) in [5, 5.41) is 3.14. The fraction of sp³-hybridized carbons (Fsp3) is 0.318. The third kappa shape index (κ3) is 5.66.